The van der Waals surface area contributed by atoms with E-state index >= 15 is 0 Å². The summed E-state index contributed by atoms with van der Waals surface area (Å²) in [5, 5.41) is 7.79. The fourth-order valence-electron chi connectivity index (χ4n) is 2.49. The van der Waals surface area contributed by atoms with Crippen LogP contribution in [-0.2, 0) is 13.5 Å². The first-order valence-corrected chi connectivity index (χ1v) is 7.04. The molecule has 0 aliphatic carbocycles. The highest BCUT2D eigenvalue weighted by molar-refractivity contribution is 5.36. The van der Waals surface area contributed by atoms with Crippen LogP contribution in [0, 0.1) is 6.92 Å². The van der Waals surface area contributed by atoms with Gasteiger partial charge in [-0.3, -0.25) is 4.68 Å². The quantitative estimate of drug-likeness (QED) is 0.879. The van der Waals surface area contributed by atoms with Crippen LogP contribution in [0.4, 0.5) is 0 Å². The Bertz CT molecular complexity index is 563. The number of benzene rings is 1. The molecular formula is C16H23N3O. The fourth-order valence-corrected chi connectivity index (χ4v) is 2.49. The molecule has 0 saturated heterocycles. The van der Waals surface area contributed by atoms with E-state index in [0.29, 0.717) is 6.61 Å². The van der Waals surface area contributed by atoms with Gasteiger partial charge in [-0.2, -0.15) is 5.10 Å². The maximum Gasteiger partial charge on any atom is 0.124 e. The molecule has 0 aliphatic rings. The molecule has 4 nitrogen and oxygen atoms in total. The summed E-state index contributed by atoms with van der Waals surface area (Å²) in [6.07, 6.45) is 0.887. The molecule has 1 unspecified atom stereocenters. The van der Waals surface area contributed by atoms with Gasteiger partial charge in [-0.1, -0.05) is 18.2 Å². The summed E-state index contributed by atoms with van der Waals surface area (Å²) in [6, 6.07) is 10.6. The maximum absolute atomic E-state index is 5.73. The zero-order valence-corrected chi connectivity index (χ0v) is 12.7. The third-order valence-corrected chi connectivity index (χ3v) is 3.45. The number of hydrogen-bond acceptors (Lipinski definition) is 3. The Morgan fingerprint density at radius 3 is 2.70 bits per heavy atom. The van der Waals surface area contributed by atoms with Gasteiger partial charge in [0.25, 0.3) is 0 Å². The molecule has 108 valence electrons. The van der Waals surface area contributed by atoms with E-state index in [4.69, 9.17) is 4.74 Å². The van der Waals surface area contributed by atoms with E-state index < -0.39 is 0 Å². The molecule has 4 heteroatoms. The van der Waals surface area contributed by atoms with Crippen LogP contribution in [0.1, 0.15) is 29.9 Å². The second-order valence-corrected chi connectivity index (χ2v) is 4.92. The summed E-state index contributed by atoms with van der Waals surface area (Å²) in [7, 11) is 3.97. The third kappa shape index (κ3) is 3.20. The largest absolute Gasteiger partial charge is 0.494 e. The van der Waals surface area contributed by atoms with Crippen molar-refractivity contribution in [2.45, 2.75) is 26.3 Å². The molecule has 1 aromatic carbocycles. The Kier molecular flexibility index (Phi) is 4.79. The van der Waals surface area contributed by atoms with E-state index in [0.717, 1.165) is 17.9 Å². The van der Waals surface area contributed by atoms with Gasteiger partial charge in [-0.05, 0) is 33.0 Å². The first-order chi connectivity index (χ1) is 9.65. The Balaban J connectivity index is 2.26. The highest BCUT2D eigenvalue weighted by Gasteiger charge is 2.16. The van der Waals surface area contributed by atoms with Crippen molar-refractivity contribution in [1.29, 1.82) is 0 Å². The molecule has 1 N–H and O–H groups in total. The molecule has 0 aliphatic heterocycles. The predicted octanol–water partition coefficient (Wildman–Crippen LogP) is 2.63. The van der Waals surface area contributed by atoms with Crippen molar-refractivity contribution in [2.24, 2.45) is 7.05 Å². The van der Waals surface area contributed by atoms with Crippen LogP contribution in [0.5, 0.6) is 5.75 Å². The van der Waals surface area contributed by atoms with E-state index in [1.165, 1.54) is 11.3 Å². The summed E-state index contributed by atoms with van der Waals surface area (Å²) < 4.78 is 7.68. The molecule has 1 atom stereocenters. The zero-order chi connectivity index (χ0) is 14.5. The molecule has 0 bridgehead atoms. The average Bonchev–Trinajstić information content (AvgIpc) is 2.75. The molecule has 0 amide bonds. The Hall–Kier alpha value is -1.81. The van der Waals surface area contributed by atoms with Crippen molar-refractivity contribution < 1.29 is 4.74 Å². The number of ether oxygens (including phenoxy) is 1. The molecule has 1 heterocycles. The average molecular weight is 273 g/mol. The molecule has 0 radical (unpaired) electrons. The van der Waals surface area contributed by atoms with E-state index in [2.05, 4.69) is 28.6 Å². The smallest absolute Gasteiger partial charge is 0.124 e. The van der Waals surface area contributed by atoms with Crippen molar-refractivity contribution in [3.63, 3.8) is 0 Å². The number of para-hydroxylation sites is 1. The lowest BCUT2D eigenvalue weighted by Gasteiger charge is -2.20. The van der Waals surface area contributed by atoms with Gasteiger partial charge in [0.15, 0.2) is 0 Å². The molecule has 0 saturated carbocycles. The summed E-state index contributed by atoms with van der Waals surface area (Å²) in [5.74, 6) is 0.952. The van der Waals surface area contributed by atoms with Crippen molar-refractivity contribution in [1.82, 2.24) is 15.1 Å². The van der Waals surface area contributed by atoms with E-state index in [9.17, 15) is 0 Å². The van der Waals surface area contributed by atoms with Crippen molar-refractivity contribution in [3.8, 4) is 5.75 Å². The lowest BCUT2D eigenvalue weighted by atomic mass is 10.0. The van der Waals surface area contributed by atoms with E-state index in [-0.39, 0.29) is 6.04 Å². The number of aromatic nitrogens is 2. The van der Waals surface area contributed by atoms with E-state index in [1.54, 1.807) is 0 Å². The first-order valence-electron chi connectivity index (χ1n) is 7.04. The van der Waals surface area contributed by atoms with Crippen LogP contribution in [0.2, 0.25) is 0 Å². The highest BCUT2D eigenvalue weighted by Crippen LogP contribution is 2.27. The number of likely N-dealkylation sites (N-methyl/N-ethyl adjacent to an activating group) is 1. The highest BCUT2D eigenvalue weighted by atomic mass is 16.5. The first kappa shape index (κ1) is 14.6. The number of aryl methyl sites for hydroxylation is 2. The monoisotopic (exact) mass is 273 g/mol. The number of hydrogen-bond donors (Lipinski definition) is 1. The molecular weight excluding hydrogens is 250 g/mol. The minimum absolute atomic E-state index is 0.215. The standard InChI is InChI=1S/C16H23N3O/c1-5-20-16-9-7-6-8-14(16)15(17-3)11-13-10-12(2)18-19(13)4/h6-10,15,17H,5,11H2,1-4H3. The molecule has 2 rings (SSSR count). The van der Waals surface area contributed by atoms with Crippen LogP contribution in [0.25, 0.3) is 0 Å². The molecule has 0 spiro atoms. The van der Waals surface area contributed by atoms with Gasteiger partial charge in [-0.25, -0.2) is 0 Å². The van der Waals surface area contributed by atoms with Crippen molar-refractivity contribution in [3.05, 3.63) is 47.3 Å². The van der Waals surface area contributed by atoms with Gasteiger partial charge in [-0.15, -0.1) is 0 Å². The van der Waals surface area contributed by atoms with Gasteiger partial charge in [0, 0.05) is 30.8 Å². The lowest BCUT2D eigenvalue weighted by Crippen LogP contribution is -2.21. The lowest BCUT2D eigenvalue weighted by molar-refractivity contribution is 0.331. The summed E-state index contributed by atoms with van der Waals surface area (Å²) >= 11 is 0. The summed E-state index contributed by atoms with van der Waals surface area (Å²) in [4.78, 5) is 0. The maximum atomic E-state index is 5.73. The van der Waals surface area contributed by atoms with Crippen molar-refractivity contribution >= 4 is 0 Å². The van der Waals surface area contributed by atoms with Gasteiger partial charge in [0.1, 0.15) is 5.75 Å². The molecule has 20 heavy (non-hydrogen) atoms. The molecule has 0 fully saturated rings. The normalized spacial score (nSPS) is 12.4. The van der Waals surface area contributed by atoms with Crippen molar-refractivity contribution in [2.75, 3.05) is 13.7 Å². The Morgan fingerprint density at radius 1 is 1.35 bits per heavy atom. The van der Waals surface area contributed by atoms with Gasteiger partial charge in [0.2, 0.25) is 0 Å². The zero-order valence-electron chi connectivity index (χ0n) is 12.7. The second kappa shape index (κ2) is 6.57. The van der Waals surface area contributed by atoms with Crippen LogP contribution in [0.3, 0.4) is 0 Å². The van der Waals surface area contributed by atoms with Crippen LogP contribution in [-0.4, -0.2) is 23.4 Å². The van der Waals surface area contributed by atoms with Gasteiger partial charge >= 0.3 is 0 Å². The number of nitrogens with one attached hydrogen (secondary N) is 1. The Morgan fingerprint density at radius 2 is 2.10 bits per heavy atom. The number of rotatable bonds is 6. The Labute approximate surface area is 120 Å². The minimum atomic E-state index is 0.215. The minimum Gasteiger partial charge on any atom is -0.494 e. The van der Waals surface area contributed by atoms with E-state index in [1.807, 2.05) is 44.8 Å². The SMILES string of the molecule is CCOc1ccccc1C(Cc1cc(C)nn1C)NC. The molecule has 2 aromatic rings. The van der Waals surface area contributed by atoms with Gasteiger partial charge < -0.3 is 10.1 Å². The summed E-state index contributed by atoms with van der Waals surface area (Å²) in [6.45, 7) is 4.71. The van der Waals surface area contributed by atoms with Gasteiger partial charge in [0.05, 0.1) is 12.3 Å². The fraction of sp³-hybridized carbons (Fsp3) is 0.438. The van der Waals surface area contributed by atoms with Crippen LogP contribution in [0.15, 0.2) is 30.3 Å². The summed E-state index contributed by atoms with van der Waals surface area (Å²) in [5.41, 5.74) is 3.46. The van der Waals surface area contributed by atoms with Crippen LogP contribution < -0.4 is 10.1 Å². The predicted molar refractivity (Wildman–Crippen MR) is 81.1 cm³/mol. The number of nitrogens with zero attached hydrogens (tertiary/aromatic N) is 2. The molecule has 1 aromatic heterocycles. The topological polar surface area (TPSA) is 39.1 Å². The third-order valence-electron chi connectivity index (χ3n) is 3.45. The second-order valence-electron chi connectivity index (χ2n) is 4.92. The van der Waals surface area contributed by atoms with Crippen LogP contribution >= 0.6 is 0 Å².